The van der Waals surface area contributed by atoms with Crippen LogP contribution in [-0.4, -0.2) is 11.0 Å². The first-order valence-corrected chi connectivity index (χ1v) is 6.88. The highest BCUT2D eigenvalue weighted by Crippen LogP contribution is 2.12. The summed E-state index contributed by atoms with van der Waals surface area (Å²) in [6, 6.07) is 14.4. The Morgan fingerprint density at radius 1 is 1.19 bits per heavy atom. The Bertz CT molecular complexity index is 608. The van der Waals surface area contributed by atoms with Gasteiger partial charge in [-0.25, -0.2) is 0 Å². The first-order valence-electron chi connectivity index (χ1n) is 6.88. The highest BCUT2D eigenvalue weighted by atomic mass is 16.3. The Hall–Kier alpha value is -2.17. The van der Waals surface area contributed by atoms with Gasteiger partial charge in [-0.2, -0.15) is 0 Å². The largest absolute Gasteiger partial charge is 0.392 e. The standard InChI is InChI=1S/C17H20N2O2/c1-12-5-7-15(8-6-12)16(18)17(21)19-10-13-3-2-4-14(9-13)11-20/h2-9,16,20H,10-11,18H2,1H3,(H,19,21). The summed E-state index contributed by atoms with van der Waals surface area (Å²) in [7, 11) is 0. The summed E-state index contributed by atoms with van der Waals surface area (Å²) < 4.78 is 0. The van der Waals surface area contributed by atoms with E-state index in [1.165, 1.54) is 0 Å². The molecule has 0 radical (unpaired) electrons. The van der Waals surface area contributed by atoms with E-state index in [2.05, 4.69) is 5.32 Å². The van der Waals surface area contributed by atoms with Crippen LogP contribution in [0.3, 0.4) is 0 Å². The van der Waals surface area contributed by atoms with Crippen molar-refractivity contribution in [2.24, 2.45) is 5.73 Å². The Labute approximate surface area is 124 Å². The number of rotatable bonds is 5. The maximum atomic E-state index is 12.1. The average molecular weight is 284 g/mol. The Balaban J connectivity index is 1.96. The molecule has 2 aromatic rings. The van der Waals surface area contributed by atoms with Crippen LogP contribution in [0.1, 0.15) is 28.3 Å². The van der Waals surface area contributed by atoms with Gasteiger partial charge in [0, 0.05) is 6.54 Å². The number of nitrogens with one attached hydrogen (secondary N) is 1. The second kappa shape index (κ2) is 7.02. The predicted molar refractivity (Wildman–Crippen MR) is 82.3 cm³/mol. The minimum Gasteiger partial charge on any atom is -0.392 e. The predicted octanol–water partition coefficient (Wildman–Crippen LogP) is 1.80. The van der Waals surface area contributed by atoms with Crippen LogP contribution in [0.25, 0.3) is 0 Å². The van der Waals surface area contributed by atoms with Gasteiger partial charge in [0.05, 0.1) is 6.61 Å². The zero-order chi connectivity index (χ0) is 15.2. The van der Waals surface area contributed by atoms with Crippen LogP contribution < -0.4 is 11.1 Å². The number of carbonyl (C=O) groups is 1. The third-order valence-corrected chi connectivity index (χ3v) is 3.36. The fourth-order valence-corrected chi connectivity index (χ4v) is 2.06. The smallest absolute Gasteiger partial charge is 0.241 e. The van der Waals surface area contributed by atoms with Crippen molar-refractivity contribution in [3.8, 4) is 0 Å². The van der Waals surface area contributed by atoms with Gasteiger partial charge >= 0.3 is 0 Å². The van der Waals surface area contributed by atoms with Gasteiger partial charge in [-0.3, -0.25) is 4.79 Å². The van der Waals surface area contributed by atoms with E-state index in [9.17, 15) is 4.79 Å². The monoisotopic (exact) mass is 284 g/mol. The van der Waals surface area contributed by atoms with Gasteiger partial charge in [0.25, 0.3) is 0 Å². The molecule has 2 aromatic carbocycles. The zero-order valence-corrected chi connectivity index (χ0v) is 12.0. The Morgan fingerprint density at radius 2 is 1.86 bits per heavy atom. The zero-order valence-electron chi connectivity index (χ0n) is 12.0. The topological polar surface area (TPSA) is 75.4 Å². The molecule has 0 saturated carbocycles. The molecule has 4 N–H and O–H groups in total. The lowest BCUT2D eigenvalue weighted by molar-refractivity contribution is -0.122. The molecular weight excluding hydrogens is 264 g/mol. The van der Waals surface area contributed by atoms with Gasteiger partial charge in [-0.1, -0.05) is 54.1 Å². The maximum Gasteiger partial charge on any atom is 0.241 e. The number of hydrogen-bond acceptors (Lipinski definition) is 3. The van der Waals surface area contributed by atoms with E-state index in [1.807, 2.05) is 55.5 Å². The van der Waals surface area contributed by atoms with E-state index in [0.717, 1.165) is 22.3 Å². The molecule has 1 unspecified atom stereocenters. The van der Waals surface area contributed by atoms with Crippen molar-refractivity contribution in [1.29, 1.82) is 0 Å². The SMILES string of the molecule is Cc1ccc(C(N)C(=O)NCc2cccc(CO)c2)cc1. The number of aliphatic hydroxyl groups excluding tert-OH is 1. The van der Waals surface area contributed by atoms with Crippen molar-refractivity contribution in [3.05, 3.63) is 70.8 Å². The molecule has 0 aliphatic rings. The molecule has 0 spiro atoms. The molecule has 0 fully saturated rings. The number of carbonyl (C=O) groups excluding carboxylic acids is 1. The van der Waals surface area contributed by atoms with Crippen LogP contribution in [0, 0.1) is 6.92 Å². The van der Waals surface area contributed by atoms with Crippen molar-refractivity contribution in [2.75, 3.05) is 0 Å². The van der Waals surface area contributed by atoms with Gasteiger partial charge in [0.2, 0.25) is 5.91 Å². The van der Waals surface area contributed by atoms with Gasteiger partial charge < -0.3 is 16.2 Å². The third kappa shape index (κ3) is 4.15. The van der Waals surface area contributed by atoms with Crippen LogP contribution in [0.4, 0.5) is 0 Å². The van der Waals surface area contributed by atoms with E-state index in [4.69, 9.17) is 10.8 Å². The van der Waals surface area contributed by atoms with E-state index in [-0.39, 0.29) is 12.5 Å². The molecule has 1 atom stereocenters. The summed E-state index contributed by atoms with van der Waals surface area (Å²) >= 11 is 0. The van der Waals surface area contributed by atoms with Crippen LogP contribution in [0.15, 0.2) is 48.5 Å². The maximum absolute atomic E-state index is 12.1. The normalized spacial score (nSPS) is 12.0. The van der Waals surface area contributed by atoms with E-state index >= 15 is 0 Å². The Morgan fingerprint density at radius 3 is 2.52 bits per heavy atom. The molecule has 0 aliphatic carbocycles. The molecular formula is C17H20N2O2. The average Bonchev–Trinajstić information content (AvgIpc) is 2.53. The summed E-state index contributed by atoms with van der Waals surface area (Å²) in [5, 5.41) is 11.9. The number of amides is 1. The summed E-state index contributed by atoms with van der Waals surface area (Å²) in [5.74, 6) is -0.215. The Kier molecular flexibility index (Phi) is 5.09. The molecule has 0 aliphatic heterocycles. The summed E-state index contributed by atoms with van der Waals surface area (Å²) in [6.45, 7) is 2.38. The summed E-state index contributed by atoms with van der Waals surface area (Å²) in [4.78, 5) is 12.1. The van der Waals surface area contributed by atoms with Crippen LogP contribution in [0.2, 0.25) is 0 Å². The number of benzene rings is 2. The van der Waals surface area contributed by atoms with Crippen LogP contribution >= 0.6 is 0 Å². The van der Waals surface area contributed by atoms with Crippen molar-refractivity contribution >= 4 is 5.91 Å². The minimum atomic E-state index is -0.674. The number of aryl methyl sites for hydroxylation is 1. The lowest BCUT2D eigenvalue weighted by Gasteiger charge is -2.13. The fraction of sp³-hybridized carbons (Fsp3) is 0.235. The molecule has 2 rings (SSSR count). The van der Waals surface area contributed by atoms with Crippen molar-refractivity contribution in [1.82, 2.24) is 5.32 Å². The molecule has 0 heterocycles. The highest BCUT2D eigenvalue weighted by molar-refractivity contribution is 5.82. The third-order valence-electron chi connectivity index (χ3n) is 3.36. The highest BCUT2D eigenvalue weighted by Gasteiger charge is 2.15. The van der Waals surface area contributed by atoms with E-state index in [0.29, 0.717) is 6.54 Å². The van der Waals surface area contributed by atoms with E-state index < -0.39 is 6.04 Å². The van der Waals surface area contributed by atoms with Crippen LogP contribution in [0.5, 0.6) is 0 Å². The van der Waals surface area contributed by atoms with Crippen molar-refractivity contribution in [3.63, 3.8) is 0 Å². The van der Waals surface area contributed by atoms with Gasteiger partial charge in [-0.15, -0.1) is 0 Å². The molecule has 4 nitrogen and oxygen atoms in total. The summed E-state index contributed by atoms with van der Waals surface area (Å²) in [6.07, 6.45) is 0. The first kappa shape index (κ1) is 15.2. The summed E-state index contributed by atoms with van der Waals surface area (Å²) in [5.41, 5.74) is 9.64. The number of nitrogens with two attached hydrogens (primary N) is 1. The molecule has 1 amide bonds. The second-order valence-electron chi connectivity index (χ2n) is 5.08. The first-order chi connectivity index (χ1) is 10.1. The molecule has 110 valence electrons. The molecule has 0 aromatic heterocycles. The van der Waals surface area contributed by atoms with Crippen LogP contribution in [-0.2, 0) is 17.9 Å². The second-order valence-corrected chi connectivity index (χ2v) is 5.08. The quantitative estimate of drug-likeness (QED) is 0.783. The van der Waals surface area contributed by atoms with Gasteiger partial charge in [0.15, 0.2) is 0 Å². The minimum absolute atomic E-state index is 0.00926. The molecule has 4 heteroatoms. The number of aliphatic hydroxyl groups is 1. The van der Waals surface area contributed by atoms with E-state index in [1.54, 1.807) is 0 Å². The fourth-order valence-electron chi connectivity index (χ4n) is 2.06. The molecule has 0 saturated heterocycles. The lowest BCUT2D eigenvalue weighted by Crippen LogP contribution is -2.33. The van der Waals surface area contributed by atoms with Crippen molar-refractivity contribution in [2.45, 2.75) is 26.1 Å². The van der Waals surface area contributed by atoms with Gasteiger partial charge in [-0.05, 0) is 23.6 Å². The number of hydrogen-bond donors (Lipinski definition) is 3. The molecule has 0 bridgehead atoms. The lowest BCUT2D eigenvalue weighted by atomic mass is 10.1. The molecule has 21 heavy (non-hydrogen) atoms. The van der Waals surface area contributed by atoms with Crippen molar-refractivity contribution < 1.29 is 9.90 Å². The van der Waals surface area contributed by atoms with Gasteiger partial charge in [0.1, 0.15) is 6.04 Å².